The van der Waals surface area contributed by atoms with Crippen LogP contribution in [0, 0.1) is 0 Å². The first-order valence-corrected chi connectivity index (χ1v) is 11.0. The van der Waals surface area contributed by atoms with E-state index in [0.717, 1.165) is 23.4 Å². The fourth-order valence-electron chi connectivity index (χ4n) is 4.11. The van der Waals surface area contributed by atoms with Crippen LogP contribution in [-0.4, -0.2) is 22.0 Å². The minimum atomic E-state index is -0.135. The molecule has 158 valence electrons. The summed E-state index contributed by atoms with van der Waals surface area (Å²) >= 11 is 6.01. The lowest BCUT2D eigenvalue weighted by Crippen LogP contribution is -2.26. The van der Waals surface area contributed by atoms with Gasteiger partial charge in [0.05, 0.1) is 11.0 Å². The van der Waals surface area contributed by atoms with E-state index in [9.17, 15) is 4.79 Å². The number of carbonyl (C=O) groups excluding carboxylic acids is 1. The number of para-hydroxylation sites is 2. The van der Waals surface area contributed by atoms with E-state index >= 15 is 0 Å². The molecule has 1 heterocycles. The molecule has 0 aliphatic carbocycles. The van der Waals surface area contributed by atoms with Gasteiger partial charge in [0.25, 0.3) is 5.91 Å². The van der Waals surface area contributed by atoms with Gasteiger partial charge in [-0.2, -0.15) is 0 Å². The summed E-state index contributed by atoms with van der Waals surface area (Å²) in [6.45, 7) is 1.21. The summed E-state index contributed by atoms with van der Waals surface area (Å²) in [5.41, 5.74) is 3.86. The first kappa shape index (κ1) is 20.3. The molecule has 0 fully saturated rings. The largest absolute Gasteiger partial charge is 0.352 e. The molecule has 0 atom stereocenters. The molecular weight excluding hydrogens is 418 g/mol. The van der Waals surface area contributed by atoms with E-state index in [1.165, 1.54) is 16.3 Å². The van der Waals surface area contributed by atoms with Gasteiger partial charge in [0.1, 0.15) is 5.82 Å². The molecule has 5 rings (SSSR count). The van der Waals surface area contributed by atoms with Crippen LogP contribution < -0.4 is 5.32 Å². The zero-order valence-corrected chi connectivity index (χ0v) is 18.2. The number of hydrogen-bond acceptors (Lipinski definition) is 2. The SMILES string of the molecule is O=C(NCCc1nc2ccccc2n1Cc1cccc2ccccc12)c1cccc(Cl)c1. The summed E-state index contributed by atoms with van der Waals surface area (Å²) in [5.74, 6) is 0.815. The van der Waals surface area contributed by atoms with Crippen LogP contribution in [0.4, 0.5) is 0 Å². The highest BCUT2D eigenvalue weighted by atomic mass is 35.5. The van der Waals surface area contributed by atoms with Crippen LogP contribution in [0.3, 0.4) is 0 Å². The molecule has 5 heteroatoms. The first-order valence-electron chi connectivity index (χ1n) is 10.6. The Morgan fingerprint density at radius 3 is 2.59 bits per heavy atom. The number of aromatic nitrogens is 2. The van der Waals surface area contributed by atoms with Gasteiger partial charge >= 0.3 is 0 Å². The lowest BCUT2D eigenvalue weighted by atomic mass is 10.0. The predicted octanol–water partition coefficient (Wildman–Crippen LogP) is 5.86. The smallest absolute Gasteiger partial charge is 0.251 e. The molecule has 0 aliphatic heterocycles. The molecular formula is C27H22ClN3O. The lowest BCUT2D eigenvalue weighted by Gasteiger charge is -2.12. The summed E-state index contributed by atoms with van der Waals surface area (Å²) < 4.78 is 2.25. The third-order valence-corrected chi connectivity index (χ3v) is 5.90. The minimum Gasteiger partial charge on any atom is -0.352 e. The predicted molar refractivity (Wildman–Crippen MR) is 130 cm³/mol. The summed E-state index contributed by atoms with van der Waals surface area (Å²) in [4.78, 5) is 17.3. The highest BCUT2D eigenvalue weighted by molar-refractivity contribution is 6.30. The van der Waals surface area contributed by atoms with Crippen molar-refractivity contribution in [3.63, 3.8) is 0 Å². The molecule has 1 aromatic heterocycles. The standard InChI is InChI=1S/C27H22ClN3O/c28-22-11-6-9-20(17-22)27(32)29-16-15-26-30-24-13-3-4-14-25(24)31(26)18-21-10-5-8-19-7-1-2-12-23(19)21/h1-14,17H,15-16,18H2,(H,29,32). The van der Waals surface area contributed by atoms with E-state index in [1.807, 2.05) is 18.2 Å². The molecule has 5 aromatic rings. The Bertz CT molecular complexity index is 1420. The van der Waals surface area contributed by atoms with Crippen molar-refractivity contribution < 1.29 is 4.79 Å². The molecule has 0 unspecified atom stereocenters. The van der Waals surface area contributed by atoms with Gasteiger partial charge in [-0.05, 0) is 46.7 Å². The van der Waals surface area contributed by atoms with Gasteiger partial charge in [0.15, 0.2) is 0 Å². The Hall–Kier alpha value is -3.63. The average Bonchev–Trinajstić information content (AvgIpc) is 3.16. The van der Waals surface area contributed by atoms with Crippen molar-refractivity contribution in [1.82, 2.24) is 14.9 Å². The van der Waals surface area contributed by atoms with Gasteiger partial charge in [-0.15, -0.1) is 0 Å². The molecule has 4 nitrogen and oxygen atoms in total. The maximum Gasteiger partial charge on any atom is 0.251 e. The molecule has 32 heavy (non-hydrogen) atoms. The van der Waals surface area contributed by atoms with Crippen LogP contribution in [-0.2, 0) is 13.0 Å². The number of rotatable bonds is 6. The fourth-order valence-corrected chi connectivity index (χ4v) is 4.30. The van der Waals surface area contributed by atoms with Crippen LogP contribution >= 0.6 is 11.6 Å². The van der Waals surface area contributed by atoms with E-state index in [0.29, 0.717) is 23.6 Å². The Labute approximate surface area is 191 Å². The molecule has 4 aromatic carbocycles. The third-order valence-electron chi connectivity index (χ3n) is 5.66. The first-order chi connectivity index (χ1) is 15.7. The molecule has 0 aliphatic rings. The Morgan fingerprint density at radius 2 is 1.69 bits per heavy atom. The zero-order valence-electron chi connectivity index (χ0n) is 17.5. The van der Waals surface area contributed by atoms with Crippen molar-refractivity contribution in [2.75, 3.05) is 6.54 Å². The maximum absolute atomic E-state index is 12.5. The summed E-state index contributed by atoms with van der Waals surface area (Å²) in [7, 11) is 0. The van der Waals surface area contributed by atoms with Gasteiger partial charge in [-0.1, -0.05) is 72.3 Å². The van der Waals surface area contributed by atoms with E-state index < -0.39 is 0 Å². The molecule has 0 bridgehead atoms. The quantitative estimate of drug-likeness (QED) is 0.360. The number of fused-ring (bicyclic) bond motifs is 2. The van der Waals surface area contributed by atoms with Crippen LogP contribution in [0.15, 0.2) is 91.0 Å². The normalized spacial score (nSPS) is 11.2. The van der Waals surface area contributed by atoms with Crippen LogP contribution in [0.5, 0.6) is 0 Å². The third kappa shape index (κ3) is 4.10. The van der Waals surface area contributed by atoms with Crippen molar-refractivity contribution in [3.8, 4) is 0 Å². The lowest BCUT2D eigenvalue weighted by molar-refractivity contribution is 0.0954. The zero-order chi connectivity index (χ0) is 21.9. The topological polar surface area (TPSA) is 46.9 Å². The summed E-state index contributed by atoms with van der Waals surface area (Å²) in [5, 5.41) is 6.01. The van der Waals surface area contributed by atoms with Crippen molar-refractivity contribution >= 4 is 39.3 Å². The molecule has 0 spiro atoms. The number of nitrogens with one attached hydrogen (secondary N) is 1. The molecule has 0 saturated heterocycles. The number of carbonyl (C=O) groups is 1. The number of halogens is 1. The van der Waals surface area contributed by atoms with Crippen molar-refractivity contribution in [2.45, 2.75) is 13.0 Å². The number of nitrogens with zero attached hydrogens (tertiary/aromatic N) is 2. The van der Waals surface area contributed by atoms with Crippen molar-refractivity contribution in [1.29, 1.82) is 0 Å². The van der Waals surface area contributed by atoms with Crippen molar-refractivity contribution in [2.24, 2.45) is 0 Å². The van der Waals surface area contributed by atoms with Gasteiger partial charge in [-0.25, -0.2) is 4.98 Å². The highest BCUT2D eigenvalue weighted by Crippen LogP contribution is 2.23. The molecule has 0 saturated carbocycles. The number of amides is 1. The van der Waals surface area contributed by atoms with Crippen LogP contribution in [0.25, 0.3) is 21.8 Å². The van der Waals surface area contributed by atoms with Gasteiger partial charge < -0.3 is 9.88 Å². The van der Waals surface area contributed by atoms with Crippen LogP contribution in [0.1, 0.15) is 21.7 Å². The second kappa shape index (κ2) is 8.85. The van der Waals surface area contributed by atoms with E-state index in [4.69, 9.17) is 16.6 Å². The Balaban J connectivity index is 1.41. The maximum atomic E-state index is 12.5. The molecule has 0 radical (unpaired) electrons. The summed E-state index contributed by atoms with van der Waals surface area (Å²) in [6.07, 6.45) is 0.631. The van der Waals surface area contributed by atoms with E-state index in [1.54, 1.807) is 24.3 Å². The second-order valence-corrected chi connectivity index (χ2v) is 8.19. The summed E-state index contributed by atoms with van der Waals surface area (Å²) in [6, 6.07) is 30.0. The van der Waals surface area contributed by atoms with Gasteiger partial charge in [0.2, 0.25) is 0 Å². The average molecular weight is 440 g/mol. The van der Waals surface area contributed by atoms with Gasteiger partial charge in [-0.3, -0.25) is 4.79 Å². The Kier molecular flexibility index (Phi) is 5.61. The minimum absolute atomic E-state index is 0.135. The number of benzene rings is 4. The fraction of sp³-hybridized carbons (Fsp3) is 0.111. The monoisotopic (exact) mass is 439 g/mol. The van der Waals surface area contributed by atoms with Gasteiger partial charge in [0, 0.05) is 30.1 Å². The van der Waals surface area contributed by atoms with E-state index in [2.05, 4.69) is 58.4 Å². The molecule has 1 amide bonds. The van der Waals surface area contributed by atoms with E-state index in [-0.39, 0.29) is 5.91 Å². The Morgan fingerprint density at radius 1 is 0.906 bits per heavy atom. The number of imidazole rings is 1. The van der Waals surface area contributed by atoms with Crippen LogP contribution in [0.2, 0.25) is 5.02 Å². The second-order valence-electron chi connectivity index (χ2n) is 7.76. The highest BCUT2D eigenvalue weighted by Gasteiger charge is 2.13. The van der Waals surface area contributed by atoms with Crippen molar-refractivity contribution in [3.05, 3.63) is 113 Å². The molecule has 1 N–H and O–H groups in total. The number of hydrogen-bond donors (Lipinski definition) is 1.